The van der Waals surface area contributed by atoms with Gasteiger partial charge in [-0.25, -0.2) is 0 Å². The van der Waals surface area contributed by atoms with E-state index < -0.39 is 0 Å². The molecule has 0 radical (unpaired) electrons. The summed E-state index contributed by atoms with van der Waals surface area (Å²) in [6.07, 6.45) is 2.79. The van der Waals surface area contributed by atoms with Crippen molar-refractivity contribution >= 4 is 5.97 Å². The fourth-order valence-corrected chi connectivity index (χ4v) is 1.02. The van der Waals surface area contributed by atoms with Crippen molar-refractivity contribution in [3.05, 3.63) is 0 Å². The Kier molecular flexibility index (Phi) is 8.57. The Bertz CT molecular complexity index is 143. The first-order valence-electron chi connectivity index (χ1n) is 5.03. The number of hydrogen-bond acceptors (Lipinski definition) is 4. The van der Waals surface area contributed by atoms with E-state index >= 15 is 0 Å². The van der Waals surface area contributed by atoms with Gasteiger partial charge in [0, 0.05) is 13.0 Å². The molecule has 0 aromatic rings. The van der Waals surface area contributed by atoms with E-state index in [4.69, 9.17) is 9.84 Å². The summed E-state index contributed by atoms with van der Waals surface area (Å²) in [5, 5.41) is 8.81. The molecule has 0 aliphatic heterocycles. The molecule has 14 heavy (non-hydrogen) atoms. The lowest BCUT2D eigenvalue weighted by Gasteiger charge is -2.12. The fourth-order valence-electron chi connectivity index (χ4n) is 1.02. The number of methoxy groups -OCH3 is 1. The van der Waals surface area contributed by atoms with Crippen LogP contribution in [-0.2, 0) is 14.3 Å². The zero-order valence-corrected chi connectivity index (χ0v) is 8.99. The predicted octanol–water partition coefficient (Wildman–Crippen LogP) is 1.12. The average Bonchev–Trinajstić information content (AvgIpc) is 2.23. The highest BCUT2D eigenvalue weighted by molar-refractivity contribution is 5.68. The number of unbranched alkanes of at least 4 members (excludes halogenated alkanes) is 1. The van der Waals surface area contributed by atoms with Crippen molar-refractivity contribution in [3.8, 4) is 0 Å². The van der Waals surface area contributed by atoms with Gasteiger partial charge in [0.2, 0.25) is 0 Å². The normalized spacial score (nSPS) is 12.5. The Hall–Kier alpha value is -0.610. The van der Waals surface area contributed by atoms with Crippen LogP contribution in [0.4, 0.5) is 0 Å². The molecule has 84 valence electrons. The molecule has 4 heteroatoms. The van der Waals surface area contributed by atoms with Crippen molar-refractivity contribution in [2.75, 3.05) is 20.3 Å². The van der Waals surface area contributed by atoms with Crippen LogP contribution in [0.15, 0.2) is 0 Å². The van der Waals surface area contributed by atoms with Crippen LogP contribution in [0.1, 0.15) is 32.6 Å². The lowest BCUT2D eigenvalue weighted by Crippen LogP contribution is -2.17. The summed E-state index contributed by atoms with van der Waals surface area (Å²) < 4.78 is 9.85. The summed E-state index contributed by atoms with van der Waals surface area (Å²) in [6, 6.07) is 0. The number of aliphatic hydroxyl groups is 1. The van der Waals surface area contributed by atoms with Crippen LogP contribution < -0.4 is 0 Å². The maximum Gasteiger partial charge on any atom is 0.305 e. The smallest absolute Gasteiger partial charge is 0.305 e. The fraction of sp³-hybridized carbons (Fsp3) is 0.900. The van der Waals surface area contributed by atoms with Crippen LogP contribution >= 0.6 is 0 Å². The zero-order chi connectivity index (χ0) is 10.8. The van der Waals surface area contributed by atoms with Gasteiger partial charge in [0.25, 0.3) is 0 Å². The Morgan fingerprint density at radius 1 is 1.43 bits per heavy atom. The van der Waals surface area contributed by atoms with Crippen LogP contribution in [0.5, 0.6) is 0 Å². The lowest BCUT2D eigenvalue weighted by atomic mass is 10.2. The van der Waals surface area contributed by atoms with Gasteiger partial charge < -0.3 is 14.6 Å². The molecule has 0 aromatic heterocycles. The SMILES string of the molecule is CCC(CO)OCCCCC(=O)OC. The first kappa shape index (κ1) is 13.4. The third kappa shape index (κ3) is 6.86. The molecule has 1 unspecified atom stereocenters. The highest BCUT2D eigenvalue weighted by Crippen LogP contribution is 2.01. The van der Waals surface area contributed by atoms with Gasteiger partial charge in [0.05, 0.1) is 19.8 Å². The van der Waals surface area contributed by atoms with Crippen molar-refractivity contribution in [3.63, 3.8) is 0 Å². The standard InChI is InChI=1S/C10H20O4/c1-3-9(8-11)14-7-5-4-6-10(12)13-2/h9,11H,3-8H2,1-2H3. The van der Waals surface area contributed by atoms with E-state index in [2.05, 4.69) is 4.74 Å². The first-order valence-corrected chi connectivity index (χ1v) is 5.03. The van der Waals surface area contributed by atoms with Crippen LogP contribution in [0.2, 0.25) is 0 Å². The number of rotatable bonds is 8. The quantitative estimate of drug-likeness (QED) is 0.475. The topological polar surface area (TPSA) is 55.8 Å². The van der Waals surface area contributed by atoms with Crippen LogP contribution in [0, 0.1) is 0 Å². The predicted molar refractivity (Wildman–Crippen MR) is 53.0 cm³/mol. The van der Waals surface area contributed by atoms with Gasteiger partial charge in [-0.1, -0.05) is 6.92 Å². The molecule has 1 atom stereocenters. The minimum Gasteiger partial charge on any atom is -0.469 e. The van der Waals surface area contributed by atoms with E-state index in [9.17, 15) is 4.79 Å². The first-order chi connectivity index (χ1) is 6.74. The zero-order valence-electron chi connectivity index (χ0n) is 8.99. The van der Waals surface area contributed by atoms with Crippen LogP contribution in [0.3, 0.4) is 0 Å². The van der Waals surface area contributed by atoms with Gasteiger partial charge in [-0.3, -0.25) is 4.79 Å². The third-order valence-corrected chi connectivity index (χ3v) is 2.02. The molecular weight excluding hydrogens is 184 g/mol. The van der Waals surface area contributed by atoms with Gasteiger partial charge in [-0.15, -0.1) is 0 Å². The molecule has 0 aromatic carbocycles. The Morgan fingerprint density at radius 2 is 2.14 bits per heavy atom. The molecule has 0 aliphatic rings. The summed E-state index contributed by atoms with van der Waals surface area (Å²) in [5.74, 6) is -0.181. The van der Waals surface area contributed by atoms with Gasteiger partial charge in [-0.05, 0) is 19.3 Å². The highest BCUT2D eigenvalue weighted by Gasteiger charge is 2.04. The number of esters is 1. The molecular formula is C10H20O4. The van der Waals surface area contributed by atoms with Gasteiger partial charge in [0.1, 0.15) is 0 Å². The average molecular weight is 204 g/mol. The molecule has 1 N–H and O–H groups in total. The maximum absolute atomic E-state index is 10.7. The van der Waals surface area contributed by atoms with Crippen molar-refractivity contribution in [2.24, 2.45) is 0 Å². The van der Waals surface area contributed by atoms with Crippen LogP contribution in [0.25, 0.3) is 0 Å². The molecule has 0 spiro atoms. The van der Waals surface area contributed by atoms with Crippen molar-refractivity contribution in [2.45, 2.75) is 38.7 Å². The minimum atomic E-state index is -0.181. The second-order valence-electron chi connectivity index (χ2n) is 3.12. The highest BCUT2D eigenvalue weighted by atomic mass is 16.5. The second-order valence-corrected chi connectivity index (χ2v) is 3.12. The molecule has 4 nitrogen and oxygen atoms in total. The molecule has 0 heterocycles. The Morgan fingerprint density at radius 3 is 2.64 bits per heavy atom. The minimum absolute atomic E-state index is 0.0619. The van der Waals surface area contributed by atoms with E-state index in [-0.39, 0.29) is 18.7 Å². The van der Waals surface area contributed by atoms with Gasteiger partial charge in [-0.2, -0.15) is 0 Å². The summed E-state index contributed by atoms with van der Waals surface area (Å²) in [6.45, 7) is 2.62. The van der Waals surface area contributed by atoms with E-state index in [1.54, 1.807) is 0 Å². The number of carbonyl (C=O) groups is 1. The Labute approximate surface area is 85.2 Å². The van der Waals surface area contributed by atoms with Gasteiger partial charge >= 0.3 is 5.97 Å². The number of hydrogen-bond donors (Lipinski definition) is 1. The maximum atomic E-state index is 10.7. The van der Waals surface area contributed by atoms with E-state index in [0.29, 0.717) is 13.0 Å². The monoisotopic (exact) mass is 204 g/mol. The van der Waals surface area contributed by atoms with Crippen molar-refractivity contribution in [1.29, 1.82) is 0 Å². The van der Waals surface area contributed by atoms with E-state index in [1.807, 2.05) is 6.92 Å². The lowest BCUT2D eigenvalue weighted by molar-refractivity contribution is -0.140. The van der Waals surface area contributed by atoms with Crippen molar-refractivity contribution in [1.82, 2.24) is 0 Å². The largest absolute Gasteiger partial charge is 0.469 e. The summed E-state index contributed by atoms with van der Waals surface area (Å²) in [4.78, 5) is 10.7. The van der Waals surface area contributed by atoms with E-state index in [0.717, 1.165) is 19.3 Å². The van der Waals surface area contributed by atoms with Crippen LogP contribution in [-0.4, -0.2) is 37.5 Å². The molecule has 0 aliphatic carbocycles. The van der Waals surface area contributed by atoms with Crippen molar-refractivity contribution < 1.29 is 19.4 Å². The van der Waals surface area contributed by atoms with E-state index in [1.165, 1.54) is 7.11 Å². The summed E-state index contributed by atoms with van der Waals surface area (Å²) >= 11 is 0. The second kappa shape index (κ2) is 8.97. The number of ether oxygens (including phenoxy) is 2. The molecule has 0 fully saturated rings. The van der Waals surface area contributed by atoms with Gasteiger partial charge in [0.15, 0.2) is 0 Å². The summed E-state index contributed by atoms with van der Waals surface area (Å²) in [5.41, 5.74) is 0. The Balaban J connectivity index is 3.24. The molecule has 0 saturated heterocycles. The molecule has 0 amide bonds. The number of carbonyl (C=O) groups excluding carboxylic acids is 1. The molecule has 0 bridgehead atoms. The molecule has 0 saturated carbocycles. The molecule has 0 rings (SSSR count). The number of aliphatic hydroxyl groups excluding tert-OH is 1. The summed E-state index contributed by atoms with van der Waals surface area (Å²) in [7, 11) is 1.39. The third-order valence-electron chi connectivity index (χ3n) is 2.02.